The van der Waals surface area contributed by atoms with Crippen LogP contribution in [0, 0.1) is 17.2 Å². The maximum atomic E-state index is 12.1. The lowest BCUT2D eigenvalue weighted by atomic mass is 9.96. The molecule has 6 heteroatoms. The number of nitrogens with two attached hydrogens (primary N) is 1. The van der Waals surface area contributed by atoms with Crippen LogP contribution in [0.1, 0.15) is 12.8 Å². The molecule has 0 bridgehead atoms. The van der Waals surface area contributed by atoms with Gasteiger partial charge >= 0.3 is 0 Å². The molecule has 0 saturated carbocycles. The van der Waals surface area contributed by atoms with Crippen molar-refractivity contribution in [3.8, 4) is 6.07 Å². The summed E-state index contributed by atoms with van der Waals surface area (Å²) in [4.78, 5) is 25.1. The Hall–Kier alpha value is -2.81. The highest BCUT2D eigenvalue weighted by Crippen LogP contribution is 2.18. The lowest BCUT2D eigenvalue weighted by molar-refractivity contribution is -0.123. The van der Waals surface area contributed by atoms with Crippen LogP contribution in [0.5, 0.6) is 0 Å². The lowest BCUT2D eigenvalue weighted by Crippen LogP contribution is -2.36. The number of hydrogen-bond acceptors (Lipinski definition) is 4. The first-order valence-electron chi connectivity index (χ1n) is 7.12. The Kier molecular flexibility index (Phi) is 5.15. The number of piperidine rings is 1. The highest BCUT2D eigenvalue weighted by Gasteiger charge is 2.22. The predicted octanol–water partition coefficient (Wildman–Crippen LogP) is 1.23. The van der Waals surface area contributed by atoms with Gasteiger partial charge in [-0.3, -0.25) is 9.59 Å². The number of para-hydroxylation sites is 1. The Morgan fingerprint density at radius 3 is 2.45 bits per heavy atom. The number of nitrogens with zero attached hydrogens (tertiary/aromatic N) is 2. The Labute approximate surface area is 129 Å². The summed E-state index contributed by atoms with van der Waals surface area (Å²) in [7, 11) is 0. The third-order valence-electron chi connectivity index (χ3n) is 3.64. The maximum Gasteiger partial charge on any atom is 0.267 e. The molecular weight excluding hydrogens is 280 g/mol. The second-order valence-corrected chi connectivity index (χ2v) is 5.19. The quantitative estimate of drug-likeness (QED) is 0.645. The van der Waals surface area contributed by atoms with Crippen molar-refractivity contribution in [3.05, 3.63) is 42.1 Å². The molecule has 0 unspecified atom stereocenters. The average molecular weight is 298 g/mol. The van der Waals surface area contributed by atoms with Gasteiger partial charge in [0.2, 0.25) is 5.91 Å². The van der Waals surface area contributed by atoms with Crippen molar-refractivity contribution in [2.75, 3.05) is 18.4 Å². The smallest absolute Gasteiger partial charge is 0.267 e. The van der Waals surface area contributed by atoms with Crippen LogP contribution in [0.3, 0.4) is 0 Å². The van der Waals surface area contributed by atoms with Gasteiger partial charge in [-0.05, 0) is 25.0 Å². The van der Waals surface area contributed by atoms with E-state index in [2.05, 4.69) is 5.32 Å². The van der Waals surface area contributed by atoms with Crippen molar-refractivity contribution >= 4 is 17.5 Å². The molecule has 2 rings (SSSR count). The number of amides is 2. The van der Waals surface area contributed by atoms with Crippen LogP contribution in [0.4, 0.5) is 5.69 Å². The second kappa shape index (κ2) is 7.27. The van der Waals surface area contributed by atoms with E-state index in [4.69, 9.17) is 11.0 Å². The first-order chi connectivity index (χ1) is 10.6. The van der Waals surface area contributed by atoms with Gasteiger partial charge in [-0.25, -0.2) is 0 Å². The van der Waals surface area contributed by atoms with Crippen molar-refractivity contribution in [2.45, 2.75) is 12.8 Å². The molecule has 1 heterocycles. The Morgan fingerprint density at radius 2 is 1.91 bits per heavy atom. The van der Waals surface area contributed by atoms with Crippen molar-refractivity contribution in [3.63, 3.8) is 0 Å². The van der Waals surface area contributed by atoms with Gasteiger partial charge in [0.25, 0.3) is 5.91 Å². The van der Waals surface area contributed by atoms with E-state index in [9.17, 15) is 9.59 Å². The van der Waals surface area contributed by atoms with Gasteiger partial charge in [-0.2, -0.15) is 5.26 Å². The van der Waals surface area contributed by atoms with Crippen LogP contribution in [0.15, 0.2) is 42.1 Å². The Morgan fingerprint density at radius 1 is 1.27 bits per heavy atom. The zero-order chi connectivity index (χ0) is 15.9. The van der Waals surface area contributed by atoms with Gasteiger partial charge in [0.1, 0.15) is 11.6 Å². The minimum atomic E-state index is -0.439. The van der Waals surface area contributed by atoms with E-state index in [1.54, 1.807) is 30.5 Å². The topological polar surface area (TPSA) is 99.2 Å². The number of carbonyl (C=O) groups excluding carboxylic acids is 2. The molecule has 0 radical (unpaired) electrons. The standard InChI is InChI=1S/C16H18N4O2/c17-10-13(16(22)19-14-4-2-1-3-5-14)11-20-8-6-12(7-9-20)15(18)21/h1-5,11-12H,6-9H2,(H2,18,21)(H,19,22)/b13-11+. The average Bonchev–Trinajstić information content (AvgIpc) is 2.53. The predicted molar refractivity (Wildman–Crippen MR) is 82.3 cm³/mol. The molecular formula is C16H18N4O2. The fourth-order valence-electron chi connectivity index (χ4n) is 2.35. The molecule has 22 heavy (non-hydrogen) atoms. The summed E-state index contributed by atoms with van der Waals surface area (Å²) in [6.45, 7) is 1.22. The molecule has 1 saturated heterocycles. The largest absolute Gasteiger partial charge is 0.376 e. The van der Waals surface area contributed by atoms with E-state index in [-0.39, 0.29) is 17.4 Å². The highest BCUT2D eigenvalue weighted by molar-refractivity contribution is 6.06. The van der Waals surface area contributed by atoms with E-state index >= 15 is 0 Å². The van der Waals surface area contributed by atoms with Gasteiger partial charge in [-0.15, -0.1) is 0 Å². The maximum absolute atomic E-state index is 12.1. The molecule has 2 amide bonds. The second-order valence-electron chi connectivity index (χ2n) is 5.19. The van der Waals surface area contributed by atoms with Crippen molar-refractivity contribution < 1.29 is 9.59 Å². The Bertz CT molecular complexity index is 611. The number of primary amides is 1. The first kappa shape index (κ1) is 15.6. The third kappa shape index (κ3) is 4.09. The van der Waals surface area contributed by atoms with E-state index < -0.39 is 5.91 Å². The van der Waals surface area contributed by atoms with Gasteiger partial charge in [0.15, 0.2) is 0 Å². The number of nitrogens with one attached hydrogen (secondary N) is 1. The van der Waals surface area contributed by atoms with E-state index in [1.807, 2.05) is 17.0 Å². The van der Waals surface area contributed by atoms with Crippen LogP contribution in [-0.4, -0.2) is 29.8 Å². The summed E-state index contributed by atoms with van der Waals surface area (Å²) in [6.07, 6.45) is 2.84. The summed E-state index contributed by atoms with van der Waals surface area (Å²) < 4.78 is 0. The van der Waals surface area contributed by atoms with Crippen LogP contribution in [0.2, 0.25) is 0 Å². The Balaban J connectivity index is 1.98. The van der Waals surface area contributed by atoms with Crippen LogP contribution < -0.4 is 11.1 Å². The number of rotatable bonds is 4. The molecule has 0 aromatic heterocycles. The summed E-state index contributed by atoms with van der Waals surface area (Å²) in [5.74, 6) is -0.843. The molecule has 1 fully saturated rings. The van der Waals surface area contributed by atoms with Gasteiger partial charge in [0.05, 0.1) is 0 Å². The highest BCUT2D eigenvalue weighted by atomic mass is 16.2. The molecule has 1 aliphatic rings. The number of hydrogen-bond donors (Lipinski definition) is 2. The molecule has 0 spiro atoms. The van der Waals surface area contributed by atoms with Crippen LogP contribution >= 0.6 is 0 Å². The summed E-state index contributed by atoms with van der Waals surface area (Å²) in [5.41, 5.74) is 5.97. The zero-order valence-electron chi connectivity index (χ0n) is 12.2. The normalized spacial score (nSPS) is 16.0. The lowest BCUT2D eigenvalue weighted by Gasteiger charge is -2.29. The molecule has 1 aromatic carbocycles. The molecule has 3 N–H and O–H groups in total. The van der Waals surface area contributed by atoms with Crippen molar-refractivity contribution in [1.29, 1.82) is 5.26 Å². The molecule has 1 aromatic rings. The van der Waals surface area contributed by atoms with Crippen LogP contribution in [0.25, 0.3) is 0 Å². The molecule has 0 atom stereocenters. The van der Waals surface area contributed by atoms with Gasteiger partial charge in [0, 0.05) is 30.9 Å². The fraction of sp³-hybridized carbons (Fsp3) is 0.312. The third-order valence-corrected chi connectivity index (χ3v) is 3.64. The minimum absolute atomic E-state index is 0.0429. The molecule has 0 aliphatic carbocycles. The van der Waals surface area contributed by atoms with Crippen LogP contribution in [-0.2, 0) is 9.59 Å². The molecule has 1 aliphatic heterocycles. The number of nitriles is 1. The summed E-state index contributed by atoms with van der Waals surface area (Å²) in [5, 5.41) is 11.8. The number of benzene rings is 1. The van der Waals surface area contributed by atoms with Crippen molar-refractivity contribution in [1.82, 2.24) is 4.90 Å². The van der Waals surface area contributed by atoms with Crippen molar-refractivity contribution in [2.24, 2.45) is 11.7 Å². The first-order valence-corrected chi connectivity index (χ1v) is 7.12. The zero-order valence-corrected chi connectivity index (χ0v) is 12.2. The number of carbonyl (C=O) groups is 2. The molecule has 114 valence electrons. The van der Waals surface area contributed by atoms with E-state index in [0.717, 1.165) is 0 Å². The van der Waals surface area contributed by atoms with Gasteiger partial charge in [-0.1, -0.05) is 18.2 Å². The number of likely N-dealkylation sites (tertiary alicyclic amines) is 1. The fourth-order valence-corrected chi connectivity index (χ4v) is 2.35. The summed E-state index contributed by atoms with van der Waals surface area (Å²) in [6, 6.07) is 10.9. The summed E-state index contributed by atoms with van der Waals surface area (Å²) >= 11 is 0. The van der Waals surface area contributed by atoms with E-state index in [0.29, 0.717) is 31.6 Å². The van der Waals surface area contributed by atoms with E-state index in [1.165, 1.54) is 0 Å². The molecule has 6 nitrogen and oxygen atoms in total. The monoisotopic (exact) mass is 298 g/mol. The number of anilines is 1. The minimum Gasteiger partial charge on any atom is -0.376 e. The SMILES string of the molecule is N#C/C(=C\N1CCC(C(N)=O)CC1)C(=O)Nc1ccccc1. The van der Waals surface area contributed by atoms with Gasteiger partial charge < -0.3 is 16.0 Å².